The molecule has 0 aliphatic rings. The predicted molar refractivity (Wildman–Crippen MR) is 74.1 cm³/mol. The number of nitrogens with zero attached hydrogens (tertiary/aromatic N) is 1. The topological polar surface area (TPSA) is 58.4 Å². The zero-order valence-corrected chi connectivity index (χ0v) is 11.5. The number of hydrogen-bond donors (Lipinski definition) is 2. The normalized spacial score (nSPS) is 12.6. The average Bonchev–Trinajstić information content (AvgIpc) is 2.40. The second kappa shape index (κ2) is 7.86. The molecule has 0 saturated carbocycles. The molecule has 0 aliphatic carbocycles. The number of halogens is 1. The van der Waals surface area contributed by atoms with Crippen LogP contribution >= 0.6 is 0 Å². The minimum atomic E-state index is -0.781. The quantitative estimate of drug-likeness (QED) is 0.746. The van der Waals surface area contributed by atoms with Gasteiger partial charge in [0.05, 0.1) is 0 Å². The molecule has 1 atom stereocenters. The summed E-state index contributed by atoms with van der Waals surface area (Å²) in [4.78, 5) is 13.7. The summed E-state index contributed by atoms with van der Waals surface area (Å²) in [6.07, 6.45) is 0. The second-order valence-corrected chi connectivity index (χ2v) is 4.34. The first-order chi connectivity index (χ1) is 9.10. The van der Waals surface area contributed by atoms with Crippen LogP contribution in [0.15, 0.2) is 24.3 Å². The van der Waals surface area contributed by atoms with E-state index in [1.165, 1.54) is 6.07 Å². The van der Waals surface area contributed by atoms with Crippen molar-refractivity contribution in [1.82, 2.24) is 10.2 Å². The van der Waals surface area contributed by atoms with Gasteiger partial charge in [0.15, 0.2) is 0 Å². The molecule has 1 rings (SSSR count). The Kier molecular flexibility index (Phi) is 6.45. The van der Waals surface area contributed by atoms with E-state index in [-0.39, 0.29) is 0 Å². The van der Waals surface area contributed by atoms with Crippen molar-refractivity contribution in [3.05, 3.63) is 35.6 Å². The number of hydrogen-bond acceptors (Lipinski definition) is 3. The van der Waals surface area contributed by atoms with Gasteiger partial charge in [-0.15, -0.1) is 0 Å². The zero-order chi connectivity index (χ0) is 14.3. The molecule has 1 aromatic rings. The lowest BCUT2D eigenvalue weighted by Gasteiger charge is -2.21. The molecule has 5 heteroatoms. The van der Waals surface area contributed by atoms with Crippen molar-refractivity contribution in [2.24, 2.45) is 5.73 Å². The molecule has 1 aromatic carbocycles. The van der Waals surface area contributed by atoms with Gasteiger partial charge in [0.1, 0.15) is 11.9 Å². The van der Waals surface area contributed by atoms with Crippen LogP contribution in [0.25, 0.3) is 0 Å². The SMILES string of the molecule is CCN(CC)CCNC(C(N)=O)c1ccccc1F. The van der Waals surface area contributed by atoms with Gasteiger partial charge in [-0.3, -0.25) is 4.79 Å². The van der Waals surface area contributed by atoms with Crippen molar-refractivity contribution in [2.75, 3.05) is 26.2 Å². The lowest BCUT2D eigenvalue weighted by Crippen LogP contribution is -2.39. The highest BCUT2D eigenvalue weighted by Crippen LogP contribution is 2.16. The van der Waals surface area contributed by atoms with Crippen LogP contribution in [-0.4, -0.2) is 37.0 Å². The molecule has 1 unspecified atom stereocenters. The van der Waals surface area contributed by atoms with Crippen LogP contribution in [0.4, 0.5) is 4.39 Å². The van der Waals surface area contributed by atoms with Gasteiger partial charge in [-0.1, -0.05) is 32.0 Å². The first-order valence-electron chi connectivity index (χ1n) is 6.59. The Labute approximate surface area is 113 Å². The predicted octanol–water partition coefficient (Wildman–Crippen LogP) is 1.28. The zero-order valence-electron chi connectivity index (χ0n) is 11.5. The minimum Gasteiger partial charge on any atom is -0.368 e. The standard InChI is InChI=1S/C14H22FN3O/c1-3-18(4-2)10-9-17-13(14(16)19)11-7-5-6-8-12(11)15/h5-8,13,17H,3-4,9-10H2,1-2H3,(H2,16,19). The van der Waals surface area contributed by atoms with Crippen LogP contribution in [0.2, 0.25) is 0 Å². The van der Waals surface area contributed by atoms with Crippen molar-refractivity contribution >= 4 is 5.91 Å². The van der Waals surface area contributed by atoms with Gasteiger partial charge < -0.3 is 16.0 Å². The highest BCUT2D eigenvalue weighted by molar-refractivity contribution is 5.81. The van der Waals surface area contributed by atoms with Crippen molar-refractivity contribution < 1.29 is 9.18 Å². The van der Waals surface area contributed by atoms with Gasteiger partial charge in [-0.25, -0.2) is 4.39 Å². The highest BCUT2D eigenvalue weighted by atomic mass is 19.1. The highest BCUT2D eigenvalue weighted by Gasteiger charge is 2.20. The van der Waals surface area contributed by atoms with Crippen LogP contribution < -0.4 is 11.1 Å². The number of benzene rings is 1. The molecule has 4 nitrogen and oxygen atoms in total. The smallest absolute Gasteiger partial charge is 0.239 e. The summed E-state index contributed by atoms with van der Waals surface area (Å²) < 4.78 is 13.7. The lowest BCUT2D eigenvalue weighted by atomic mass is 10.1. The van der Waals surface area contributed by atoms with E-state index in [9.17, 15) is 9.18 Å². The maximum absolute atomic E-state index is 13.7. The molecule has 3 N–H and O–H groups in total. The number of nitrogens with one attached hydrogen (secondary N) is 1. The third-order valence-electron chi connectivity index (χ3n) is 3.17. The summed E-state index contributed by atoms with van der Waals surface area (Å²) in [6, 6.07) is 5.41. The number of carbonyl (C=O) groups is 1. The van der Waals surface area contributed by atoms with Crippen LogP contribution in [0.3, 0.4) is 0 Å². The van der Waals surface area contributed by atoms with Crippen LogP contribution in [0.5, 0.6) is 0 Å². The molecule has 0 aliphatic heterocycles. The van der Waals surface area contributed by atoms with Gasteiger partial charge in [0.2, 0.25) is 5.91 Å². The van der Waals surface area contributed by atoms with Crippen molar-refractivity contribution in [3.8, 4) is 0 Å². The van der Waals surface area contributed by atoms with E-state index in [2.05, 4.69) is 24.1 Å². The third kappa shape index (κ3) is 4.61. The van der Waals surface area contributed by atoms with Crippen molar-refractivity contribution in [1.29, 1.82) is 0 Å². The van der Waals surface area contributed by atoms with E-state index in [0.29, 0.717) is 12.1 Å². The Morgan fingerprint density at radius 1 is 1.37 bits per heavy atom. The van der Waals surface area contributed by atoms with Crippen LogP contribution in [-0.2, 0) is 4.79 Å². The van der Waals surface area contributed by atoms with Crippen LogP contribution in [0, 0.1) is 5.82 Å². The molecular weight excluding hydrogens is 245 g/mol. The minimum absolute atomic E-state index is 0.301. The first-order valence-corrected chi connectivity index (χ1v) is 6.59. The van der Waals surface area contributed by atoms with E-state index >= 15 is 0 Å². The maximum Gasteiger partial charge on any atom is 0.239 e. The molecule has 19 heavy (non-hydrogen) atoms. The summed E-state index contributed by atoms with van der Waals surface area (Å²) in [7, 11) is 0. The Hall–Kier alpha value is -1.46. The second-order valence-electron chi connectivity index (χ2n) is 4.34. The molecule has 1 amide bonds. The monoisotopic (exact) mass is 267 g/mol. The van der Waals surface area contributed by atoms with Gasteiger partial charge in [-0.2, -0.15) is 0 Å². The van der Waals surface area contributed by atoms with Gasteiger partial charge >= 0.3 is 0 Å². The fourth-order valence-corrected chi connectivity index (χ4v) is 1.98. The number of amides is 1. The van der Waals surface area contributed by atoms with Gasteiger partial charge in [0, 0.05) is 18.7 Å². The van der Waals surface area contributed by atoms with Crippen LogP contribution in [0.1, 0.15) is 25.5 Å². The fourth-order valence-electron chi connectivity index (χ4n) is 1.98. The van der Waals surface area contributed by atoms with Crippen molar-refractivity contribution in [3.63, 3.8) is 0 Å². The van der Waals surface area contributed by atoms with E-state index in [1.54, 1.807) is 18.2 Å². The van der Waals surface area contributed by atoms with Gasteiger partial charge in [0.25, 0.3) is 0 Å². The molecule has 0 heterocycles. The maximum atomic E-state index is 13.7. The Bertz CT molecular complexity index is 407. The summed E-state index contributed by atoms with van der Waals surface area (Å²) in [5.41, 5.74) is 5.64. The van der Waals surface area contributed by atoms with E-state index in [4.69, 9.17) is 5.73 Å². The molecule has 0 bridgehead atoms. The average molecular weight is 267 g/mol. The number of likely N-dealkylation sites (N-methyl/N-ethyl adjacent to an activating group) is 1. The lowest BCUT2D eigenvalue weighted by molar-refractivity contribution is -0.120. The Morgan fingerprint density at radius 2 is 2.00 bits per heavy atom. The van der Waals surface area contributed by atoms with Crippen molar-refractivity contribution in [2.45, 2.75) is 19.9 Å². The van der Waals surface area contributed by atoms with E-state index in [1.807, 2.05) is 0 Å². The molecule has 106 valence electrons. The first kappa shape index (κ1) is 15.6. The molecule has 0 fully saturated rings. The Balaban J connectivity index is 2.65. The fraction of sp³-hybridized carbons (Fsp3) is 0.500. The van der Waals surface area contributed by atoms with E-state index in [0.717, 1.165) is 19.6 Å². The molecule has 0 saturated heterocycles. The summed E-state index contributed by atoms with van der Waals surface area (Å²) in [6.45, 7) is 7.42. The number of primary amides is 1. The number of nitrogens with two attached hydrogens (primary N) is 1. The summed E-state index contributed by atoms with van der Waals surface area (Å²) in [5.74, 6) is -0.980. The Morgan fingerprint density at radius 3 is 2.53 bits per heavy atom. The molecule has 0 spiro atoms. The third-order valence-corrected chi connectivity index (χ3v) is 3.17. The largest absolute Gasteiger partial charge is 0.368 e. The molecule has 0 aromatic heterocycles. The summed E-state index contributed by atoms with van der Waals surface area (Å²) in [5, 5.41) is 3.02. The van der Waals surface area contributed by atoms with Gasteiger partial charge in [-0.05, 0) is 19.2 Å². The molecule has 0 radical (unpaired) electrons. The van der Waals surface area contributed by atoms with E-state index < -0.39 is 17.8 Å². The molecular formula is C14H22FN3O. The number of rotatable bonds is 8. The number of carbonyl (C=O) groups excluding carboxylic acids is 1. The summed E-state index contributed by atoms with van der Waals surface area (Å²) >= 11 is 0.